The molecular weight excluding hydrogens is 2130 g/mol. The topological polar surface area (TPSA) is 432 Å². The van der Waals surface area contributed by atoms with Crippen LogP contribution >= 0.6 is 157 Å². The van der Waals surface area contributed by atoms with Crippen molar-refractivity contribution < 1.29 is 68.0 Å². The van der Waals surface area contributed by atoms with E-state index in [1.54, 1.807) is 112 Å². The molecule has 0 aliphatic heterocycles. The number of nitrogens with one attached hydrogen (secondary N) is 4. The molecule has 0 saturated carbocycles. The molecule has 650 valence electrons. The van der Waals surface area contributed by atoms with Gasteiger partial charge in [0.05, 0.1) is 46.1 Å². The number of carboxylic acid groups (broad SMARTS) is 1. The number of fused-ring (bicyclic) bond motifs is 6. The van der Waals surface area contributed by atoms with E-state index in [-0.39, 0.29) is 59.9 Å². The smallest absolute Gasteiger partial charge is 0.488 e. The number of aromatic carboxylic acids is 1. The Labute approximate surface area is 789 Å². The summed E-state index contributed by atoms with van der Waals surface area (Å²) in [5.74, 6) is -2.99. The van der Waals surface area contributed by atoms with Crippen molar-refractivity contribution in [3.05, 3.63) is 317 Å². The number of nitrogens with two attached hydrogens (primary N) is 1. The number of Topliss-reactive ketones (excluding diaryl/α,β-unsaturated/α-hetero) is 1. The van der Waals surface area contributed by atoms with Gasteiger partial charge in [0.1, 0.15) is 23.0 Å². The van der Waals surface area contributed by atoms with E-state index in [4.69, 9.17) is 52.0 Å². The average molecular weight is 2200 g/mol. The number of nitrogens with zero attached hydrogens (tertiary/aromatic N) is 5. The van der Waals surface area contributed by atoms with E-state index in [2.05, 4.69) is 185 Å². The van der Waals surface area contributed by atoms with Crippen LogP contribution in [0.4, 0.5) is 10.8 Å². The normalized spacial score (nSPS) is 10.3. The lowest BCUT2D eigenvalue weighted by Crippen LogP contribution is -2.29. The van der Waals surface area contributed by atoms with E-state index in [1.165, 1.54) is 61.6 Å². The third kappa shape index (κ3) is 35.9. The standard InChI is InChI=1S/C14H9BrN2.C12H10BrNO3.C10H6BrNO3.C9H9BN2O3S.C9H5BrClN.C9H6BrNO.C9H14O4.C6H6BrN.C5H6BNO2.CH4.Cl3OP/c15-11-1-2-14-13(9-11)12(5-8-17-14)10-3-6-16-7-4-10;1-2-17-12(16)9-6-14-10-4-3-7(13)5-8(10)11(9)15;11-5-1-2-8-6(3-5)9(13)7(4-12-8)10(14)15;1-5(13)11-9-12-7-3-2-6(10(14)15)4-8(7)16-9;10-6-1-2-9-7(5-6)8(11)3-4-12-9;10-6-1-2-8-7(5-6)9(12)3-4-11-8;1-4-12-6-8(7(3)10)9(11)13-5-2;7-5-1-3-6(8)4-2-5;8-6(9)5-1-3-7-4-2-5;;1-5(2,3)4/h1-9H;3-6H,2H2,1H3,(H,14,15);1-4H,(H,12,13)(H,14,15);2-4,14-15H,1H3,(H,11,12,13);1-5H;1-5H,(H,11,12);6H,4-5H2,1-3H3;1-4H,8H2;1-4,8-9H;1H4;/b;;;;;;8-6+;;;;. The summed E-state index contributed by atoms with van der Waals surface area (Å²) < 4.78 is 30.2. The Hall–Kier alpha value is -9.69. The van der Waals surface area contributed by atoms with Crippen molar-refractivity contribution in [3.63, 3.8) is 0 Å². The van der Waals surface area contributed by atoms with Crippen molar-refractivity contribution in [1.82, 2.24) is 39.9 Å². The number of aromatic nitrogens is 8. The zero-order valence-electron chi connectivity index (χ0n) is 65.4. The number of hydrogen-bond donors (Lipinski definition) is 10. The highest BCUT2D eigenvalue weighted by Crippen LogP contribution is 2.61. The van der Waals surface area contributed by atoms with Crippen molar-refractivity contribution in [3.8, 4) is 11.1 Å². The van der Waals surface area contributed by atoms with Gasteiger partial charge in [-0.15, -0.1) is 0 Å². The zero-order valence-corrected chi connectivity index (χ0v) is 79.6. The molecule has 8 aromatic heterocycles. The number of ketones is 1. The molecule has 11 N–H and O–H groups in total. The summed E-state index contributed by atoms with van der Waals surface area (Å²) >= 11 is 41.1. The zero-order chi connectivity index (χ0) is 91.3. The number of esters is 2. The van der Waals surface area contributed by atoms with E-state index in [9.17, 15) is 42.9 Å². The third-order valence-electron chi connectivity index (χ3n) is 15.6. The van der Waals surface area contributed by atoms with Gasteiger partial charge >= 0.3 is 37.3 Å². The predicted octanol–water partition coefficient (Wildman–Crippen LogP) is 19.7. The highest BCUT2D eigenvalue weighted by atomic mass is 79.9. The fourth-order valence-electron chi connectivity index (χ4n) is 9.99. The van der Waals surface area contributed by atoms with Gasteiger partial charge in [0.25, 0.3) is 0 Å². The molecule has 0 aliphatic carbocycles. The molecule has 125 heavy (non-hydrogen) atoms. The van der Waals surface area contributed by atoms with Crippen molar-refractivity contribution in [2.75, 3.05) is 30.9 Å². The Balaban J connectivity index is 0.000000250. The van der Waals surface area contributed by atoms with Gasteiger partial charge in [0.15, 0.2) is 16.3 Å². The number of H-pyrrole nitrogens is 3. The first-order valence-electron chi connectivity index (χ1n) is 35.8. The number of anilines is 2. The molecule has 15 aromatic rings. The molecule has 0 fully saturated rings. The number of carbonyl (C=O) groups excluding carboxylic acids is 4. The molecule has 0 aliphatic rings. The minimum Gasteiger partial charge on any atom is -0.500 e. The van der Waals surface area contributed by atoms with Gasteiger partial charge in [-0.3, -0.25) is 48.5 Å². The highest BCUT2D eigenvalue weighted by molar-refractivity contribution is 9.11. The molecule has 1 amide bonds. The first-order chi connectivity index (χ1) is 58.9. The minimum atomic E-state index is -3.22. The summed E-state index contributed by atoms with van der Waals surface area (Å²) in [5, 5.41) is 48.2. The van der Waals surface area contributed by atoms with Crippen LogP contribution in [0.2, 0.25) is 5.02 Å². The Morgan fingerprint density at radius 2 is 0.992 bits per heavy atom. The maximum Gasteiger partial charge on any atom is 0.488 e. The van der Waals surface area contributed by atoms with Crippen LogP contribution < -0.4 is 38.3 Å². The summed E-state index contributed by atoms with van der Waals surface area (Å²) in [6.07, 6.45) is 15.6. The second-order valence-corrected chi connectivity index (χ2v) is 38.0. The Morgan fingerprint density at radius 3 is 1.48 bits per heavy atom. The molecular formula is C84H75B2Br6Cl4N10O17PS. The van der Waals surface area contributed by atoms with E-state index in [0.717, 1.165) is 86.9 Å². The quantitative estimate of drug-likeness (QED) is 0.00793. The molecule has 7 aromatic carbocycles. The number of aromatic amines is 3. The second kappa shape index (κ2) is 53.7. The van der Waals surface area contributed by atoms with Crippen LogP contribution in [-0.4, -0.2) is 129 Å². The van der Waals surface area contributed by atoms with Gasteiger partial charge in [-0.25, -0.2) is 19.4 Å². The number of carboxylic acids is 1. The first-order valence-corrected chi connectivity index (χ1v) is 46.2. The van der Waals surface area contributed by atoms with Crippen molar-refractivity contribution in [1.29, 1.82) is 0 Å². The predicted molar refractivity (Wildman–Crippen MR) is 522 cm³/mol. The highest BCUT2D eigenvalue weighted by Gasteiger charge is 2.19. The maximum absolute atomic E-state index is 12.1. The molecule has 0 bridgehead atoms. The van der Waals surface area contributed by atoms with E-state index in [0.29, 0.717) is 49.9 Å². The molecule has 0 saturated heterocycles. The van der Waals surface area contributed by atoms with Crippen LogP contribution in [0.1, 0.15) is 62.8 Å². The third-order valence-corrected chi connectivity index (χ3v) is 19.8. The fraction of sp³-hybridized carbons (Fsp3) is 0.107. The van der Waals surface area contributed by atoms with Crippen LogP contribution in [0.5, 0.6) is 0 Å². The van der Waals surface area contributed by atoms with Gasteiger partial charge in [-0.1, -0.05) is 132 Å². The summed E-state index contributed by atoms with van der Waals surface area (Å²) in [7, 11) is -2.87. The Morgan fingerprint density at radius 1 is 0.536 bits per heavy atom. The molecule has 0 unspecified atom stereocenters. The van der Waals surface area contributed by atoms with E-state index in [1.807, 2.05) is 103 Å². The number of hydrogen-bond acceptors (Lipinski definition) is 23. The van der Waals surface area contributed by atoms with Crippen LogP contribution in [0, 0.1) is 0 Å². The van der Waals surface area contributed by atoms with Crippen molar-refractivity contribution >= 4 is 288 Å². The van der Waals surface area contributed by atoms with Crippen LogP contribution in [0.15, 0.2) is 285 Å². The molecule has 27 nitrogen and oxygen atoms in total. The molecule has 41 heteroatoms. The molecule has 8 heterocycles. The monoisotopic (exact) mass is 2190 g/mol. The molecule has 15 rings (SSSR count). The van der Waals surface area contributed by atoms with Gasteiger partial charge in [0.2, 0.25) is 16.8 Å². The largest absolute Gasteiger partial charge is 0.500 e. The Kier molecular flexibility index (Phi) is 45.5. The summed E-state index contributed by atoms with van der Waals surface area (Å²) in [5.41, 5.74) is 13.2. The van der Waals surface area contributed by atoms with Crippen molar-refractivity contribution in [2.24, 2.45) is 0 Å². The van der Waals surface area contributed by atoms with Gasteiger partial charge in [-0.05, 0) is 247 Å². The lowest BCUT2D eigenvalue weighted by Gasteiger charge is -2.06. The minimum absolute atomic E-state index is 0. The maximum atomic E-state index is 12.1. The van der Waals surface area contributed by atoms with Gasteiger partial charge < -0.3 is 65.4 Å². The van der Waals surface area contributed by atoms with E-state index < -0.39 is 42.8 Å². The number of ether oxygens (including phenoxy) is 3. The number of halogens is 10. The SMILES string of the molecule is Brc1ccc2nccc(-c3ccncc3)c2c1.C.CC(=O)Nc1nc2ccc(B(O)O)cc2s1.CCO/C=C(\C(C)=O)C(=O)OCC.CCOC(=O)c1c[nH]c2ccc(Br)cc2c1=O.Clc1ccnc2ccc(Br)cc12.Nc1ccc(Br)cc1.O=C(O)c1c[nH]c2ccc(Br)cc2c1=O.O=P(Cl)(Cl)Cl.O=c1cc[nH]c2ccc(Br)cc12.OB(O)c1ccncc1. The average Bonchev–Trinajstić information content (AvgIpc) is 1.20. The lowest BCUT2D eigenvalue weighted by molar-refractivity contribution is -0.140. The fourth-order valence-corrected chi connectivity index (χ4v) is 13.2. The summed E-state index contributed by atoms with van der Waals surface area (Å²) in [6.45, 7) is 8.75. The number of nitrogen functional groups attached to an aromatic ring is 1. The van der Waals surface area contributed by atoms with Crippen LogP contribution in [0.3, 0.4) is 0 Å². The van der Waals surface area contributed by atoms with Crippen LogP contribution in [-0.2, 0) is 33.2 Å². The molecule has 0 radical (unpaired) electrons. The summed E-state index contributed by atoms with van der Waals surface area (Å²) in [6, 6.07) is 52.8. The number of benzene rings is 7. The van der Waals surface area contributed by atoms with Gasteiger partial charge in [-0.2, -0.15) is 0 Å². The number of rotatable bonds is 12. The number of carbonyl (C=O) groups is 5. The number of pyridine rings is 7. The second-order valence-electron chi connectivity index (χ2n) is 24.4. The number of amides is 1. The van der Waals surface area contributed by atoms with Gasteiger partial charge in [0, 0.05) is 145 Å². The van der Waals surface area contributed by atoms with E-state index >= 15 is 0 Å². The summed E-state index contributed by atoms with van der Waals surface area (Å²) in [4.78, 5) is 119. The first kappa shape index (κ1) is 106. The lowest BCUT2D eigenvalue weighted by atomic mass is 9.80. The number of thiazole rings is 1. The molecule has 0 spiro atoms. The van der Waals surface area contributed by atoms with Crippen LogP contribution in [0.25, 0.3) is 75.9 Å². The Bertz CT molecular complexity index is 6430. The molecule has 0 atom stereocenters. The van der Waals surface area contributed by atoms with Crippen molar-refractivity contribution in [2.45, 2.75) is 42.0 Å².